The Kier molecular flexibility index (Phi) is 7.63. The van der Waals surface area contributed by atoms with Crippen LogP contribution in [0.25, 0.3) is 11.3 Å². The molecule has 0 aliphatic heterocycles. The van der Waals surface area contributed by atoms with Gasteiger partial charge in [0.2, 0.25) is 10.0 Å². The molecule has 1 heterocycles. The maximum Gasteiger partial charge on any atom is 0.238 e. The first-order valence-electron chi connectivity index (χ1n) is 8.19. The van der Waals surface area contributed by atoms with Gasteiger partial charge in [-0.25, -0.2) is 17.9 Å². The van der Waals surface area contributed by atoms with Crippen LogP contribution in [0, 0.1) is 5.82 Å². The number of nitrogens with one attached hydrogen (secondary N) is 1. The van der Waals surface area contributed by atoms with Gasteiger partial charge in [0.05, 0.1) is 16.5 Å². The summed E-state index contributed by atoms with van der Waals surface area (Å²) in [4.78, 5) is 0.100. The van der Waals surface area contributed by atoms with E-state index in [2.05, 4.69) is 5.32 Å². The first-order chi connectivity index (χ1) is 12.8. The van der Waals surface area contributed by atoms with Crippen LogP contribution < -0.4 is 22.9 Å². The van der Waals surface area contributed by atoms with Crippen LogP contribution in [0.5, 0.6) is 0 Å². The smallest absolute Gasteiger partial charge is 0.238 e. The monoisotopic (exact) mass is 443 g/mol. The van der Waals surface area contributed by atoms with E-state index in [0.29, 0.717) is 24.4 Å². The van der Waals surface area contributed by atoms with Crippen molar-refractivity contribution in [3.05, 3.63) is 76.8 Å². The van der Waals surface area contributed by atoms with Gasteiger partial charge in [-0.1, -0.05) is 23.7 Å². The predicted octanol–water partition coefficient (Wildman–Crippen LogP) is 0.723. The van der Waals surface area contributed by atoms with E-state index >= 15 is 0 Å². The largest absolute Gasteiger partial charge is 1.00 e. The molecule has 0 aliphatic rings. The molecule has 0 saturated heterocycles. The standard InChI is InChI=1S/C19H18ClFN2O3S.ClH/c20-17-11-14(3-7-18(17)21)19-8-4-15(26-19)12-23-10-9-13-1-5-16(6-2-13)27(22,24)25;/h1-8,11,23H,9-10,12H2,(H2,22,24,25);1H/p-1. The summed E-state index contributed by atoms with van der Waals surface area (Å²) in [5.74, 6) is 0.897. The average molecular weight is 444 g/mol. The van der Waals surface area contributed by atoms with Crippen LogP contribution in [0.3, 0.4) is 0 Å². The van der Waals surface area contributed by atoms with Crippen LogP contribution in [0.1, 0.15) is 11.3 Å². The third-order valence-electron chi connectivity index (χ3n) is 4.01. The van der Waals surface area contributed by atoms with Gasteiger partial charge in [0.25, 0.3) is 0 Å². The van der Waals surface area contributed by atoms with Gasteiger partial charge in [-0.2, -0.15) is 0 Å². The van der Waals surface area contributed by atoms with Crippen LogP contribution >= 0.6 is 11.6 Å². The summed E-state index contributed by atoms with van der Waals surface area (Å²) in [6.45, 7) is 1.22. The van der Waals surface area contributed by atoms with Gasteiger partial charge >= 0.3 is 0 Å². The van der Waals surface area contributed by atoms with Crippen molar-refractivity contribution in [1.82, 2.24) is 5.32 Å². The second-order valence-corrected chi connectivity index (χ2v) is 7.98. The molecule has 28 heavy (non-hydrogen) atoms. The molecule has 0 spiro atoms. The first kappa shape index (κ1) is 22.4. The first-order valence-corrected chi connectivity index (χ1v) is 10.1. The van der Waals surface area contributed by atoms with E-state index in [1.807, 2.05) is 12.1 Å². The Morgan fingerprint density at radius 3 is 2.43 bits per heavy atom. The van der Waals surface area contributed by atoms with Crippen molar-refractivity contribution in [2.45, 2.75) is 17.9 Å². The lowest BCUT2D eigenvalue weighted by molar-refractivity contribution is -0.00000912. The Hall–Kier alpha value is -1.90. The molecule has 0 bridgehead atoms. The van der Waals surface area contributed by atoms with Crippen molar-refractivity contribution in [3.8, 4) is 11.3 Å². The quantitative estimate of drug-likeness (QED) is 0.527. The molecule has 2 aromatic carbocycles. The van der Waals surface area contributed by atoms with E-state index in [-0.39, 0.29) is 22.3 Å². The van der Waals surface area contributed by atoms with Crippen LogP contribution in [0.4, 0.5) is 4.39 Å². The van der Waals surface area contributed by atoms with E-state index in [1.165, 1.54) is 24.3 Å². The summed E-state index contributed by atoms with van der Waals surface area (Å²) >= 11 is 5.80. The van der Waals surface area contributed by atoms with Crippen molar-refractivity contribution < 1.29 is 29.6 Å². The molecule has 5 nitrogen and oxygen atoms in total. The number of furan rings is 1. The molecular formula is C19H18Cl2FN2O3S-. The molecule has 0 amide bonds. The lowest BCUT2D eigenvalue weighted by Crippen LogP contribution is -3.00. The fourth-order valence-electron chi connectivity index (χ4n) is 2.57. The highest BCUT2D eigenvalue weighted by molar-refractivity contribution is 7.89. The van der Waals surface area contributed by atoms with Crippen LogP contribution in [0.15, 0.2) is 63.9 Å². The van der Waals surface area contributed by atoms with Gasteiger partial charge in [-0.05, 0) is 61.0 Å². The number of hydrogen-bond acceptors (Lipinski definition) is 4. The van der Waals surface area contributed by atoms with E-state index in [0.717, 1.165) is 17.7 Å². The molecule has 0 radical (unpaired) electrons. The number of sulfonamides is 1. The van der Waals surface area contributed by atoms with Crippen molar-refractivity contribution in [1.29, 1.82) is 0 Å². The maximum absolute atomic E-state index is 13.2. The molecule has 0 saturated carbocycles. The van der Waals surface area contributed by atoms with Gasteiger partial charge < -0.3 is 22.1 Å². The Bertz CT molecular complexity index is 1040. The SMILES string of the molecule is NS(=O)(=O)c1ccc(CCNCc2ccc(-c3ccc(F)c(Cl)c3)o2)cc1.[Cl-]. The summed E-state index contributed by atoms with van der Waals surface area (Å²) in [6, 6.07) is 14.6. The Morgan fingerprint density at radius 2 is 1.79 bits per heavy atom. The second kappa shape index (κ2) is 9.54. The summed E-state index contributed by atoms with van der Waals surface area (Å²) in [5.41, 5.74) is 1.71. The highest BCUT2D eigenvalue weighted by atomic mass is 35.5. The molecule has 3 rings (SSSR count). The normalized spacial score (nSPS) is 11.2. The summed E-state index contributed by atoms with van der Waals surface area (Å²) in [7, 11) is -3.66. The Morgan fingerprint density at radius 1 is 1.07 bits per heavy atom. The maximum atomic E-state index is 13.2. The van der Waals surface area contributed by atoms with E-state index < -0.39 is 15.8 Å². The van der Waals surface area contributed by atoms with Gasteiger partial charge in [0, 0.05) is 5.56 Å². The summed E-state index contributed by atoms with van der Waals surface area (Å²) in [6.07, 6.45) is 0.728. The molecule has 150 valence electrons. The topological polar surface area (TPSA) is 85.3 Å². The van der Waals surface area contributed by atoms with Crippen molar-refractivity contribution in [2.24, 2.45) is 5.14 Å². The highest BCUT2D eigenvalue weighted by Crippen LogP contribution is 2.26. The predicted molar refractivity (Wildman–Crippen MR) is 102 cm³/mol. The Labute approximate surface area is 174 Å². The number of hydrogen-bond donors (Lipinski definition) is 2. The molecule has 3 aromatic rings. The average Bonchev–Trinajstić information content (AvgIpc) is 3.10. The molecule has 0 atom stereocenters. The van der Waals surface area contributed by atoms with Crippen molar-refractivity contribution in [2.75, 3.05) is 6.54 Å². The number of benzene rings is 2. The van der Waals surface area contributed by atoms with Crippen LogP contribution in [-0.2, 0) is 23.0 Å². The lowest BCUT2D eigenvalue weighted by Gasteiger charge is -2.05. The zero-order valence-electron chi connectivity index (χ0n) is 14.7. The molecule has 1 aromatic heterocycles. The number of nitrogens with two attached hydrogens (primary N) is 1. The zero-order chi connectivity index (χ0) is 19.4. The number of rotatable bonds is 7. The minimum Gasteiger partial charge on any atom is -1.00 e. The molecule has 0 fully saturated rings. The van der Waals surface area contributed by atoms with E-state index in [9.17, 15) is 12.8 Å². The third kappa shape index (κ3) is 5.80. The molecule has 0 unspecified atom stereocenters. The van der Waals surface area contributed by atoms with Gasteiger partial charge in [0.15, 0.2) is 0 Å². The van der Waals surface area contributed by atoms with Gasteiger partial charge in [-0.3, -0.25) is 0 Å². The Balaban J connectivity index is 0.00000280. The van der Waals surface area contributed by atoms with Crippen molar-refractivity contribution in [3.63, 3.8) is 0 Å². The van der Waals surface area contributed by atoms with Crippen LogP contribution in [0.2, 0.25) is 5.02 Å². The highest BCUT2D eigenvalue weighted by Gasteiger charge is 2.08. The number of halogens is 3. The number of primary sulfonamides is 1. The van der Waals surface area contributed by atoms with Gasteiger partial charge in [0.1, 0.15) is 17.3 Å². The molecule has 9 heteroatoms. The lowest BCUT2D eigenvalue weighted by atomic mass is 10.1. The molecule has 3 N–H and O–H groups in total. The fourth-order valence-corrected chi connectivity index (χ4v) is 3.26. The van der Waals surface area contributed by atoms with Crippen LogP contribution in [-0.4, -0.2) is 15.0 Å². The zero-order valence-corrected chi connectivity index (χ0v) is 17.0. The minimum atomic E-state index is -3.66. The van der Waals surface area contributed by atoms with Gasteiger partial charge in [-0.15, -0.1) is 0 Å². The summed E-state index contributed by atoms with van der Waals surface area (Å²) in [5, 5.41) is 8.39. The van der Waals surface area contributed by atoms with E-state index in [1.54, 1.807) is 18.2 Å². The second-order valence-electron chi connectivity index (χ2n) is 6.01. The molecule has 0 aliphatic carbocycles. The molecular weight excluding hydrogens is 426 g/mol. The third-order valence-corrected chi connectivity index (χ3v) is 5.23. The fraction of sp³-hybridized carbons (Fsp3) is 0.158. The summed E-state index contributed by atoms with van der Waals surface area (Å²) < 4.78 is 41.4. The minimum absolute atomic E-state index is 0. The van der Waals surface area contributed by atoms with Crippen molar-refractivity contribution >= 4 is 21.6 Å². The van der Waals surface area contributed by atoms with E-state index in [4.69, 9.17) is 21.2 Å².